The second-order valence-electron chi connectivity index (χ2n) is 4.75. The van der Waals surface area contributed by atoms with Gasteiger partial charge in [-0.05, 0) is 43.8 Å². The monoisotopic (exact) mass is 327 g/mol. The zero-order valence-corrected chi connectivity index (χ0v) is 13.2. The fourth-order valence-electron chi connectivity index (χ4n) is 1.65. The van der Waals surface area contributed by atoms with Crippen LogP contribution in [0.25, 0.3) is 0 Å². The molecular formula is C13H15ClFN5S. The van der Waals surface area contributed by atoms with Crippen LogP contribution in [0, 0.1) is 5.82 Å². The Hall–Kier alpha value is -1.73. The van der Waals surface area contributed by atoms with Crippen LogP contribution in [0.4, 0.5) is 10.3 Å². The predicted molar refractivity (Wildman–Crippen MR) is 85.0 cm³/mol. The molecule has 0 radical (unpaired) electrons. The molecule has 2 N–H and O–H groups in total. The number of aromatic nitrogens is 3. The van der Waals surface area contributed by atoms with Crippen LogP contribution in [0.5, 0.6) is 0 Å². The van der Waals surface area contributed by atoms with Crippen LogP contribution in [0.2, 0.25) is 5.02 Å². The highest BCUT2D eigenvalue weighted by atomic mass is 35.5. The largest absolute Gasteiger partial charge is 0.360 e. The molecule has 0 unspecified atom stereocenters. The van der Waals surface area contributed by atoms with Gasteiger partial charge in [-0.3, -0.25) is 5.32 Å². The van der Waals surface area contributed by atoms with Gasteiger partial charge in [0.1, 0.15) is 12.1 Å². The van der Waals surface area contributed by atoms with Crippen molar-refractivity contribution in [3.05, 3.63) is 40.9 Å². The minimum atomic E-state index is -0.366. The van der Waals surface area contributed by atoms with E-state index in [1.54, 1.807) is 17.1 Å². The first-order chi connectivity index (χ1) is 9.94. The van der Waals surface area contributed by atoms with Gasteiger partial charge in [-0.15, -0.1) is 5.10 Å². The molecule has 1 aromatic heterocycles. The fraction of sp³-hybridized carbons (Fsp3) is 0.308. The highest BCUT2D eigenvalue weighted by molar-refractivity contribution is 7.80. The van der Waals surface area contributed by atoms with Crippen molar-refractivity contribution in [3.63, 3.8) is 0 Å². The Morgan fingerprint density at radius 3 is 2.90 bits per heavy atom. The molecule has 0 amide bonds. The summed E-state index contributed by atoms with van der Waals surface area (Å²) in [6, 6.07) is 4.48. The number of nitrogens with zero attached hydrogens (tertiary/aromatic N) is 3. The standard InChI is InChI=1S/C13H15ClFN5S/c1-8(2)17-13(21)18-12-16-7-20(19-12)6-9-3-4-10(15)5-11(9)14/h3-5,7-8H,6H2,1-2H3,(H2,17,18,19,21). The number of thiocarbonyl (C=S) groups is 1. The number of nitrogens with one attached hydrogen (secondary N) is 2. The summed E-state index contributed by atoms with van der Waals surface area (Å²) in [5.41, 5.74) is 0.761. The van der Waals surface area contributed by atoms with Crippen LogP contribution in [0.1, 0.15) is 19.4 Å². The molecule has 0 fully saturated rings. The number of hydrogen-bond donors (Lipinski definition) is 2. The summed E-state index contributed by atoms with van der Waals surface area (Å²) in [5, 5.41) is 11.0. The summed E-state index contributed by atoms with van der Waals surface area (Å²) in [6.45, 7) is 4.37. The lowest BCUT2D eigenvalue weighted by molar-refractivity contribution is 0.624. The van der Waals surface area contributed by atoms with Gasteiger partial charge in [0, 0.05) is 11.1 Å². The van der Waals surface area contributed by atoms with E-state index in [1.165, 1.54) is 12.1 Å². The Labute approximate surface area is 132 Å². The topological polar surface area (TPSA) is 54.8 Å². The lowest BCUT2D eigenvalue weighted by atomic mass is 10.2. The molecule has 8 heteroatoms. The Morgan fingerprint density at radius 2 is 2.24 bits per heavy atom. The lowest BCUT2D eigenvalue weighted by Gasteiger charge is -2.10. The molecule has 1 aromatic carbocycles. The van der Waals surface area contributed by atoms with Crippen molar-refractivity contribution in [1.29, 1.82) is 0 Å². The van der Waals surface area contributed by atoms with Crippen molar-refractivity contribution in [2.45, 2.75) is 26.4 Å². The van der Waals surface area contributed by atoms with Crippen molar-refractivity contribution in [1.82, 2.24) is 20.1 Å². The Balaban J connectivity index is 2.01. The first-order valence-electron chi connectivity index (χ1n) is 6.35. The lowest BCUT2D eigenvalue weighted by Crippen LogP contribution is -2.34. The highest BCUT2D eigenvalue weighted by Crippen LogP contribution is 2.18. The van der Waals surface area contributed by atoms with Crippen LogP contribution in [-0.4, -0.2) is 25.9 Å². The maximum Gasteiger partial charge on any atom is 0.248 e. The summed E-state index contributed by atoms with van der Waals surface area (Å²) < 4.78 is 14.6. The molecule has 0 bridgehead atoms. The zero-order chi connectivity index (χ0) is 15.4. The molecule has 0 atom stereocenters. The van der Waals surface area contributed by atoms with E-state index in [0.29, 0.717) is 22.6 Å². The van der Waals surface area contributed by atoms with E-state index in [1.807, 2.05) is 13.8 Å². The molecule has 0 aliphatic heterocycles. The van der Waals surface area contributed by atoms with E-state index in [9.17, 15) is 4.39 Å². The van der Waals surface area contributed by atoms with E-state index in [0.717, 1.165) is 5.56 Å². The third kappa shape index (κ3) is 4.64. The minimum Gasteiger partial charge on any atom is -0.360 e. The molecule has 1 heterocycles. The molecule has 5 nitrogen and oxygen atoms in total. The van der Waals surface area contributed by atoms with Crippen molar-refractivity contribution in [2.75, 3.05) is 5.32 Å². The van der Waals surface area contributed by atoms with Crippen LogP contribution < -0.4 is 10.6 Å². The van der Waals surface area contributed by atoms with Gasteiger partial charge in [0.15, 0.2) is 5.11 Å². The quantitative estimate of drug-likeness (QED) is 0.846. The summed E-state index contributed by atoms with van der Waals surface area (Å²) in [4.78, 5) is 4.10. The average molecular weight is 328 g/mol. The van der Waals surface area contributed by atoms with Gasteiger partial charge in [-0.1, -0.05) is 17.7 Å². The predicted octanol–water partition coefficient (Wildman–Crippen LogP) is 2.81. The molecule has 0 saturated carbocycles. The molecule has 2 rings (SSSR count). The summed E-state index contributed by atoms with van der Waals surface area (Å²) >= 11 is 11.1. The Kier molecular flexibility index (Phi) is 5.08. The number of rotatable bonds is 4. The van der Waals surface area contributed by atoms with Crippen molar-refractivity contribution in [3.8, 4) is 0 Å². The van der Waals surface area contributed by atoms with Crippen LogP contribution in [0.15, 0.2) is 24.5 Å². The van der Waals surface area contributed by atoms with Gasteiger partial charge in [0.25, 0.3) is 0 Å². The molecule has 21 heavy (non-hydrogen) atoms. The second kappa shape index (κ2) is 6.82. The average Bonchev–Trinajstić information content (AvgIpc) is 2.79. The first-order valence-corrected chi connectivity index (χ1v) is 7.13. The van der Waals surface area contributed by atoms with E-state index < -0.39 is 0 Å². The van der Waals surface area contributed by atoms with E-state index in [4.69, 9.17) is 23.8 Å². The van der Waals surface area contributed by atoms with Gasteiger partial charge in [-0.25, -0.2) is 14.1 Å². The van der Waals surface area contributed by atoms with Crippen molar-refractivity contribution < 1.29 is 4.39 Å². The zero-order valence-electron chi connectivity index (χ0n) is 11.6. The molecule has 0 aliphatic rings. The molecule has 0 spiro atoms. The van der Waals surface area contributed by atoms with E-state index in [2.05, 4.69) is 20.7 Å². The smallest absolute Gasteiger partial charge is 0.248 e. The van der Waals surface area contributed by atoms with Crippen LogP contribution >= 0.6 is 23.8 Å². The first kappa shape index (κ1) is 15.7. The van der Waals surface area contributed by atoms with E-state index in [-0.39, 0.29) is 11.9 Å². The summed E-state index contributed by atoms with van der Waals surface area (Å²) in [6.07, 6.45) is 1.56. The van der Waals surface area contributed by atoms with Gasteiger partial charge >= 0.3 is 0 Å². The van der Waals surface area contributed by atoms with Crippen molar-refractivity contribution in [2.24, 2.45) is 0 Å². The second-order valence-corrected chi connectivity index (χ2v) is 5.57. The van der Waals surface area contributed by atoms with Crippen LogP contribution in [-0.2, 0) is 6.54 Å². The van der Waals surface area contributed by atoms with Crippen LogP contribution in [0.3, 0.4) is 0 Å². The number of halogens is 2. The maximum absolute atomic E-state index is 13.0. The number of benzene rings is 1. The summed E-state index contributed by atoms with van der Waals surface area (Å²) in [5.74, 6) is 0.0289. The SMILES string of the molecule is CC(C)NC(=S)Nc1ncn(Cc2ccc(F)cc2Cl)n1. The van der Waals surface area contributed by atoms with Gasteiger partial charge in [0.2, 0.25) is 5.95 Å². The van der Waals surface area contributed by atoms with Gasteiger partial charge in [0.05, 0.1) is 6.54 Å². The fourth-order valence-corrected chi connectivity index (χ4v) is 2.21. The Morgan fingerprint density at radius 1 is 1.48 bits per heavy atom. The van der Waals surface area contributed by atoms with Gasteiger partial charge < -0.3 is 5.32 Å². The Bertz CT molecular complexity index is 643. The number of hydrogen-bond acceptors (Lipinski definition) is 3. The molecule has 0 aliphatic carbocycles. The minimum absolute atomic E-state index is 0.227. The normalized spacial score (nSPS) is 10.7. The third-order valence-electron chi connectivity index (χ3n) is 2.53. The maximum atomic E-state index is 13.0. The molecule has 0 saturated heterocycles. The third-order valence-corrected chi connectivity index (χ3v) is 3.10. The van der Waals surface area contributed by atoms with Crippen molar-refractivity contribution >= 4 is 34.9 Å². The van der Waals surface area contributed by atoms with E-state index >= 15 is 0 Å². The molecule has 112 valence electrons. The molecular weight excluding hydrogens is 313 g/mol. The number of anilines is 1. The van der Waals surface area contributed by atoms with Gasteiger partial charge in [-0.2, -0.15) is 0 Å². The highest BCUT2D eigenvalue weighted by Gasteiger charge is 2.07. The summed E-state index contributed by atoms with van der Waals surface area (Å²) in [7, 11) is 0. The molecule has 2 aromatic rings.